The molecule has 0 aromatic heterocycles. The molecule has 1 heterocycles. The van der Waals surface area contributed by atoms with Crippen LogP contribution < -0.4 is 15.0 Å². The molecular formula is C26H29N3O3. The van der Waals surface area contributed by atoms with E-state index < -0.39 is 0 Å². The molecular weight excluding hydrogens is 402 g/mol. The maximum Gasteiger partial charge on any atom is 0.262 e. The lowest BCUT2D eigenvalue weighted by Crippen LogP contribution is -2.49. The van der Waals surface area contributed by atoms with Crippen molar-refractivity contribution < 1.29 is 14.3 Å². The van der Waals surface area contributed by atoms with E-state index >= 15 is 0 Å². The average molecular weight is 432 g/mol. The number of rotatable bonds is 6. The molecule has 1 aliphatic heterocycles. The van der Waals surface area contributed by atoms with E-state index in [0.717, 1.165) is 48.3 Å². The molecule has 0 aliphatic carbocycles. The topological polar surface area (TPSA) is 61.9 Å². The van der Waals surface area contributed by atoms with Gasteiger partial charge in [-0.25, -0.2) is 0 Å². The van der Waals surface area contributed by atoms with Crippen molar-refractivity contribution in [2.75, 3.05) is 43.0 Å². The van der Waals surface area contributed by atoms with Crippen LogP contribution in [-0.4, -0.2) is 49.5 Å². The van der Waals surface area contributed by atoms with Crippen molar-refractivity contribution in [3.05, 3.63) is 66.7 Å². The Balaban J connectivity index is 1.27. The van der Waals surface area contributed by atoms with Crippen LogP contribution in [0.1, 0.15) is 13.8 Å². The van der Waals surface area contributed by atoms with Crippen LogP contribution in [0.15, 0.2) is 66.7 Å². The highest BCUT2D eigenvalue weighted by Crippen LogP contribution is 2.22. The quantitative estimate of drug-likeness (QED) is 0.637. The molecule has 0 spiro atoms. The number of fused-ring (bicyclic) bond motifs is 1. The molecule has 0 unspecified atom stereocenters. The van der Waals surface area contributed by atoms with Gasteiger partial charge in [0.25, 0.3) is 5.91 Å². The second-order valence-electron chi connectivity index (χ2n) is 8.36. The highest BCUT2D eigenvalue weighted by atomic mass is 16.5. The summed E-state index contributed by atoms with van der Waals surface area (Å²) in [5.74, 6) is 0.722. The van der Waals surface area contributed by atoms with E-state index in [-0.39, 0.29) is 24.3 Å². The molecule has 4 rings (SSSR count). The highest BCUT2D eigenvalue weighted by molar-refractivity contribution is 5.92. The van der Waals surface area contributed by atoms with Crippen molar-refractivity contribution in [1.82, 2.24) is 4.90 Å². The van der Waals surface area contributed by atoms with Crippen molar-refractivity contribution in [3.8, 4) is 5.75 Å². The molecule has 2 amide bonds. The lowest BCUT2D eigenvalue weighted by molar-refractivity contribution is -0.134. The fraction of sp³-hybridized carbons (Fsp3) is 0.308. The summed E-state index contributed by atoms with van der Waals surface area (Å²) in [5.41, 5.74) is 1.82. The summed E-state index contributed by atoms with van der Waals surface area (Å²) in [7, 11) is 0. The number of hydrogen-bond donors (Lipinski definition) is 1. The van der Waals surface area contributed by atoms with E-state index in [1.54, 1.807) is 0 Å². The molecule has 3 aromatic rings. The number of anilines is 2. The Morgan fingerprint density at radius 1 is 0.906 bits per heavy atom. The number of benzene rings is 3. The van der Waals surface area contributed by atoms with Gasteiger partial charge in [-0.15, -0.1) is 0 Å². The molecule has 0 bridgehead atoms. The number of amides is 2. The molecule has 3 aromatic carbocycles. The van der Waals surface area contributed by atoms with Gasteiger partial charge in [0.15, 0.2) is 6.61 Å². The van der Waals surface area contributed by atoms with Crippen LogP contribution >= 0.6 is 0 Å². The average Bonchev–Trinajstić information content (AvgIpc) is 2.82. The third-order valence-electron chi connectivity index (χ3n) is 5.69. The summed E-state index contributed by atoms with van der Waals surface area (Å²) < 4.78 is 5.66. The van der Waals surface area contributed by atoms with Crippen molar-refractivity contribution >= 4 is 34.0 Å². The van der Waals surface area contributed by atoms with E-state index in [0.29, 0.717) is 5.75 Å². The smallest absolute Gasteiger partial charge is 0.262 e. The van der Waals surface area contributed by atoms with Gasteiger partial charge in [0.1, 0.15) is 5.75 Å². The maximum atomic E-state index is 12.3. The summed E-state index contributed by atoms with van der Waals surface area (Å²) in [6.07, 6.45) is 0. The van der Waals surface area contributed by atoms with E-state index in [4.69, 9.17) is 4.74 Å². The number of nitrogens with zero attached hydrogens (tertiary/aromatic N) is 2. The fourth-order valence-corrected chi connectivity index (χ4v) is 3.91. The molecule has 1 aliphatic rings. The van der Waals surface area contributed by atoms with Gasteiger partial charge in [-0.3, -0.25) is 9.59 Å². The molecule has 1 N–H and O–H groups in total. The van der Waals surface area contributed by atoms with Crippen LogP contribution in [0.4, 0.5) is 11.4 Å². The largest absolute Gasteiger partial charge is 0.484 e. The zero-order valence-corrected chi connectivity index (χ0v) is 18.6. The van der Waals surface area contributed by atoms with Crippen LogP contribution in [0, 0.1) is 5.92 Å². The second-order valence-corrected chi connectivity index (χ2v) is 8.36. The SMILES string of the molecule is CC(C)C(=O)N1CCN(c2ccc(NC(=O)COc3ccc4ccccc4c3)cc2)CC1. The molecule has 0 atom stereocenters. The van der Waals surface area contributed by atoms with E-state index in [1.165, 1.54) is 0 Å². The van der Waals surface area contributed by atoms with Crippen LogP contribution in [0.2, 0.25) is 0 Å². The van der Waals surface area contributed by atoms with Crippen LogP contribution in [0.5, 0.6) is 5.75 Å². The molecule has 1 saturated heterocycles. The van der Waals surface area contributed by atoms with Crippen LogP contribution in [0.25, 0.3) is 10.8 Å². The van der Waals surface area contributed by atoms with Gasteiger partial charge in [-0.05, 0) is 47.2 Å². The summed E-state index contributed by atoms with van der Waals surface area (Å²) in [5, 5.41) is 5.09. The number of hydrogen-bond acceptors (Lipinski definition) is 4. The minimum atomic E-state index is -0.202. The molecule has 166 valence electrons. The van der Waals surface area contributed by atoms with Crippen molar-refractivity contribution in [2.45, 2.75) is 13.8 Å². The molecule has 32 heavy (non-hydrogen) atoms. The first kappa shape index (κ1) is 21.7. The van der Waals surface area contributed by atoms with E-state index in [2.05, 4.69) is 10.2 Å². The molecule has 6 nitrogen and oxygen atoms in total. The Labute approximate surface area is 188 Å². The Morgan fingerprint density at radius 2 is 1.59 bits per heavy atom. The third kappa shape index (κ3) is 5.19. The second kappa shape index (κ2) is 9.73. The third-order valence-corrected chi connectivity index (χ3v) is 5.69. The summed E-state index contributed by atoms with van der Waals surface area (Å²) >= 11 is 0. The lowest BCUT2D eigenvalue weighted by atomic mass is 10.1. The normalized spacial score (nSPS) is 14.0. The number of carbonyl (C=O) groups excluding carboxylic acids is 2. The standard InChI is InChI=1S/C26H29N3O3/c1-19(2)26(31)29-15-13-28(14-16-29)23-10-8-22(9-11-23)27-25(30)18-32-24-12-7-20-5-3-4-6-21(20)17-24/h3-12,17,19H,13-16,18H2,1-2H3,(H,27,30). The Bertz CT molecular complexity index is 1090. The Kier molecular flexibility index (Phi) is 6.59. The predicted octanol–water partition coefficient (Wildman–Crippen LogP) is 4.16. The van der Waals surface area contributed by atoms with Gasteiger partial charge in [-0.2, -0.15) is 0 Å². The Hall–Kier alpha value is -3.54. The molecule has 0 radical (unpaired) electrons. The zero-order chi connectivity index (χ0) is 22.5. The number of carbonyl (C=O) groups is 2. The predicted molar refractivity (Wildman–Crippen MR) is 128 cm³/mol. The van der Waals surface area contributed by atoms with Gasteiger partial charge < -0.3 is 19.9 Å². The first-order valence-electron chi connectivity index (χ1n) is 11.0. The van der Waals surface area contributed by atoms with Gasteiger partial charge in [-0.1, -0.05) is 44.2 Å². The first-order valence-corrected chi connectivity index (χ1v) is 11.0. The first-order chi connectivity index (χ1) is 15.5. The maximum absolute atomic E-state index is 12.3. The number of ether oxygens (including phenoxy) is 1. The number of nitrogens with one attached hydrogen (secondary N) is 1. The zero-order valence-electron chi connectivity index (χ0n) is 18.6. The van der Waals surface area contributed by atoms with Gasteiger partial charge in [0, 0.05) is 43.5 Å². The minimum absolute atomic E-state index is 0.0367. The van der Waals surface area contributed by atoms with Crippen LogP contribution in [-0.2, 0) is 9.59 Å². The molecule has 0 saturated carbocycles. The van der Waals surface area contributed by atoms with Crippen molar-refractivity contribution in [3.63, 3.8) is 0 Å². The van der Waals surface area contributed by atoms with Gasteiger partial charge in [0.2, 0.25) is 5.91 Å². The van der Waals surface area contributed by atoms with Crippen LogP contribution in [0.3, 0.4) is 0 Å². The van der Waals surface area contributed by atoms with E-state index in [9.17, 15) is 9.59 Å². The van der Waals surface area contributed by atoms with E-state index in [1.807, 2.05) is 85.5 Å². The Morgan fingerprint density at radius 3 is 2.28 bits per heavy atom. The summed E-state index contributed by atoms with van der Waals surface area (Å²) in [6.45, 7) is 6.92. The minimum Gasteiger partial charge on any atom is -0.484 e. The summed E-state index contributed by atoms with van der Waals surface area (Å²) in [4.78, 5) is 28.7. The van der Waals surface area contributed by atoms with Crippen molar-refractivity contribution in [2.24, 2.45) is 5.92 Å². The highest BCUT2D eigenvalue weighted by Gasteiger charge is 2.22. The fourth-order valence-electron chi connectivity index (χ4n) is 3.91. The monoisotopic (exact) mass is 431 g/mol. The lowest BCUT2D eigenvalue weighted by Gasteiger charge is -2.37. The molecule has 6 heteroatoms. The van der Waals surface area contributed by atoms with Gasteiger partial charge >= 0.3 is 0 Å². The molecule has 1 fully saturated rings. The summed E-state index contributed by atoms with van der Waals surface area (Å²) in [6, 6.07) is 21.6. The number of piperazine rings is 1. The van der Waals surface area contributed by atoms with Gasteiger partial charge in [0.05, 0.1) is 0 Å². The van der Waals surface area contributed by atoms with Crippen molar-refractivity contribution in [1.29, 1.82) is 0 Å².